The monoisotopic (exact) mass is 195 g/mol. The molecule has 4 heteroatoms. The van der Waals surface area contributed by atoms with Gasteiger partial charge in [0, 0.05) is 11.6 Å². The summed E-state index contributed by atoms with van der Waals surface area (Å²) in [6, 6.07) is 0. The van der Waals surface area contributed by atoms with Gasteiger partial charge in [-0.2, -0.15) is 5.10 Å². The molecule has 0 aliphatic heterocycles. The van der Waals surface area contributed by atoms with Crippen molar-refractivity contribution in [3.8, 4) is 0 Å². The normalized spacial score (nSPS) is 22.0. The van der Waals surface area contributed by atoms with E-state index in [4.69, 9.17) is 18.0 Å². The van der Waals surface area contributed by atoms with E-state index in [2.05, 4.69) is 10.2 Å². The van der Waals surface area contributed by atoms with Crippen LogP contribution in [-0.2, 0) is 12.8 Å². The van der Waals surface area contributed by atoms with E-state index >= 15 is 0 Å². The summed E-state index contributed by atoms with van der Waals surface area (Å²) in [5, 5.41) is 7.05. The summed E-state index contributed by atoms with van der Waals surface area (Å²) in [7, 11) is 0. The largest absolute Gasteiger partial charge is 0.393 e. The molecule has 1 aliphatic rings. The fourth-order valence-electron chi connectivity index (χ4n) is 1.86. The third kappa shape index (κ3) is 1.72. The van der Waals surface area contributed by atoms with Gasteiger partial charge in [-0.1, -0.05) is 12.2 Å². The Labute approximate surface area is 82.7 Å². The lowest BCUT2D eigenvalue weighted by molar-refractivity contribution is 0.607. The summed E-state index contributed by atoms with van der Waals surface area (Å²) in [5.41, 5.74) is 8.21. The van der Waals surface area contributed by atoms with Crippen molar-refractivity contribution in [2.75, 3.05) is 0 Å². The zero-order valence-electron chi connectivity index (χ0n) is 7.42. The van der Waals surface area contributed by atoms with Crippen LogP contribution >= 0.6 is 12.2 Å². The maximum atomic E-state index is 5.66. The number of H-pyrrole nitrogens is 1. The molecule has 0 spiro atoms. The molecular formula is C9H13N3S. The number of nitrogens with zero attached hydrogens (tertiary/aromatic N) is 1. The molecule has 3 N–H and O–H groups in total. The number of rotatable bonds is 1. The average Bonchev–Trinajstić information content (AvgIpc) is 2.42. The van der Waals surface area contributed by atoms with Gasteiger partial charge in [-0.15, -0.1) is 0 Å². The van der Waals surface area contributed by atoms with Crippen molar-refractivity contribution in [2.24, 2.45) is 11.7 Å². The molecule has 0 unspecified atom stereocenters. The van der Waals surface area contributed by atoms with Crippen molar-refractivity contribution < 1.29 is 0 Å². The lowest BCUT2D eigenvalue weighted by atomic mass is 10.0. The topological polar surface area (TPSA) is 54.7 Å². The van der Waals surface area contributed by atoms with Crippen LogP contribution in [0.1, 0.15) is 24.1 Å². The van der Waals surface area contributed by atoms with E-state index in [0.29, 0.717) is 10.9 Å². The van der Waals surface area contributed by atoms with E-state index in [1.54, 1.807) is 0 Å². The predicted molar refractivity (Wildman–Crippen MR) is 55.5 cm³/mol. The number of fused-ring (bicyclic) bond motifs is 1. The molecule has 1 aromatic rings. The summed E-state index contributed by atoms with van der Waals surface area (Å²) >= 11 is 5.02. The molecule has 1 heterocycles. The van der Waals surface area contributed by atoms with Gasteiger partial charge in [0.1, 0.15) is 0 Å². The van der Waals surface area contributed by atoms with Crippen LogP contribution in [0.25, 0.3) is 0 Å². The van der Waals surface area contributed by atoms with E-state index in [-0.39, 0.29) is 0 Å². The number of aryl methyl sites for hydroxylation is 1. The summed E-state index contributed by atoms with van der Waals surface area (Å²) in [4.78, 5) is 0.641. The zero-order valence-corrected chi connectivity index (χ0v) is 8.23. The Morgan fingerprint density at radius 2 is 2.54 bits per heavy atom. The van der Waals surface area contributed by atoms with Crippen molar-refractivity contribution in [3.63, 3.8) is 0 Å². The van der Waals surface area contributed by atoms with Gasteiger partial charge in [0.15, 0.2) is 0 Å². The van der Waals surface area contributed by atoms with Gasteiger partial charge in [-0.25, -0.2) is 0 Å². The van der Waals surface area contributed by atoms with Crippen LogP contribution in [0, 0.1) is 5.92 Å². The smallest absolute Gasteiger partial charge is 0.0762 e. The molecule has 1 aliphatic carbocycles. The first-order valence-electron chi connectivity index (χ1n) is 4.58. The van der Waals surface area contributed by atoms with Crippen molar-refractivity contribution in [1.29, 1.82) is 0 Å². The lowest BCUT2D eigenvalue weighted by Gasteiger charge is -2.10. The number of aromatic amines is 1. The summed E-state index contributed by atoms with van der Waals surface area (Å²) < 4.78 is 0. The van der Waals surface area contributed by atoms with Gasteiger partial charge in [-0.3, -0.25) is 5.10 Å². The first-order chi connectivity index (χ1) is 6.27. The highest BCUT2D eigenvalue weighted by Gasteiger charge is 2.19. The predicted octanol–water partition coefficient (Wildman–Crippen LogP) is 1.19. The first-order valence-corrected chi connectivity index (χ1v) is 4.98. The number of nitrogens with two attached hydrogens (primary N) is 1. The van der Waals surface area contributed by atoms with Gasteiger partial charge in [0.2, 0.25) is 0 Å². The molecule has 0 fully saturated rings. The number of nitrogens with one attached hydrogen (secondary N) is 1. The van der Waals surface area contributed by atoms with Gasteiger partial charge < -0.3 is 5.73 Å². The molecule has 0 amide bonds. The molecule has 13 heavy (non-hydrogen) atoms. The van der Waals surface area contributed by atoms with Crippen LogP contribution in [0.3, 0.4) is 0 Å². The molecule has 3 nitrogen and oxygen atoms in total. The van der Waals surface area contributed by atoms with Crippen molar-refractivity contribution >= 4 is 17.2 Å². The Balaban J connectivity index is 2.21. The highest BCUT2D eigenvalue weighted by molar-refractivity contribution is 7.80. The third-order valence-electron chi connectivity index (χ3n) is 2.66. The van der Waals surface area contributed by atoms with E-state index in [0.717, 1.165) is 25.7 Å². The number of hydrogen-bond donors (Lipinski definition) is 2. The second kappa shape index (κ2) is 3.46. The molecule has 1 atom stereocenters. The highest BCUT2D eigenvalue weighted by atomic mass is 32.1. The SMILES string of the molecule is NC(=S)[C@@H]1CCCc2cn[nH]c2C1. The van der Waals surface area contributed by atoms with E-state index < -0.39 is 0 Å². The molecule has 0 aromatic carbocycles. The standard InChI is InChI=1S/C9H13N3S/c10-9(13)6-2-1-3-7-5-11-12-8(7)4-6/h5-6H,1-4H2,(H2,10,13)(H,11,12)/t6-/m1/s1. The van der Waals surface area contributed by atoms with Gasteiger partial charge in [0.25, 0.3) is 0 Å². The van der Waals surface area contributed by atoms with Crippen molar-refractivity contribution in [3.05, 3.63) is 17.5 Å². The van der Waals surface area contributed by atoms with Gasteiger partial charge in [0.05, 0.1) is 11.2 Å². The lowest BCUT2D eigenvalue weighted by Crippen LogP contribution is -2.22. The zero-order chi connectivity index (χ0) is 9.26. The third-order valence-corrected chi connectivity index (χ3v) is 2.99. The first kappa shape index (κ1) is 8.69. The van der Waals surface area contributed by atoms with Gasteiger partial charge >= 0.3 is 0 Å². The van der Waals surface area contributed by atoms with Crippen molar-refractivity contribution in [2.45, 2.75) is 25.7 Å². The average molecular weight is 195 g/mol. The van der Waals surface area contributed by atoms with Crippen LogP contribution in [-0.4, -0.2) is 15.2 Å². The Morgan fingerprint density at radius 3 is 3.31 bits per heavy atom. The molecule has 0 saturated carbocycles. The summed E-state index contributed by atoms with van der Waals surface area (Å²) in [5.74, 6) is 0.358. The van der Waals surface area contributed by atoms with E-state index in [9.17, 15) is 0 Å². The van der Waals surface area contributed by atoms with Crippen LogP contribution in [0.15, 0.2) is 6.20 Å². The van der Waals surface area contributed by atoms with Crippen LogP contribution in [0.2, 0.25) is 0 Å². The quantitative estimate of drug-likeness (QED) is 0.523. The number of thiocarbonyl (C=S) groups is 1. The maximum absolute atomic E-state index is 5.66. The summed E-state index contributed by atoms with van der Waals surface area (Å²) in [6.07, 6.45) is 6.22. The molecule has 0 radical (unpaired) electrons. The Kier molecular flexibility index (Phi) is 2.31. The van der Waals surface area contributed by atoms with Crippen LogP contribution < -0.4 is 5.73 Å². The number of hydrogen-bond acceptors (Lipinski definition) is 2. The minimum atomic E-state index is 0.358. The van der Waals surface area contributed by atoms with E-state index in [1.807, 2.05) is 6.20 Å². The molecule has 1 aromatic heterocycles. The Morgan fingerprint density at radius 1 is 1.69 bits per heavy atom. The molecule has 2 rings (SSSR count). The number of aromatic nitrogens is 2. The fraction of sp³-hybridized carbons (Fsp3) is 0.556. The minimum Gasteiger partial charge on any atom is -0.393 e. The maximum Gasteiger partial charge on any atom is 0.0762 e. The molecule has 0 saturated heterocycles. The fourth-order valence-corrected chi connectivity index (χ4v) is 2.06. The molecule has 70 valence electrons. The Bertz CT molecular complexity index is 318. The van der Waals surface area contributed by atoms with Crippen LogP contribution in [0.4, 0.5) is 0 Å². The second-order valence-corrected chi connectivity index (χ2v) is 4.04. The van der Waals surface area contributed by atoms with E-state index in [1.165, 1.54) is 11.3 Å². The van der Waals surface area contributed by atoms with Gasteiger partial charge in [-0.05, 0) is 31.2 Å². The van der Waals surface area contributed by atoms with Crippen LogP contribution in [0.5, 0.6) is 0 Å². The summed E-state index contributed by atoms with van der Waals surface area (Å²) in [6.45, 7) is 0. The van der Waals surface area contributed by atoms with Crippen molar-refractivity contribution in [1.82, 2.24) is 10.2 Å². The minimum absolute atomic E-state index is 0.358. The second-order valence-electron chi connectivity index (χ2n) is 3.57. The highest BCUT2D eigenvalue weighted by Crippen LogP contribution is 2.22. The Hall–Kier alpha value is -0.900. The molecular weight excluding hydrogens is 182 g/mol. The molecule has 0 bridgehead atoms.